The van der Waals surface area contributed by atoms with E-state index in [9.17, 15) is 0 Å². The van der Waals surface area contributed by atoms with Crippen LogP contribution >= 0.6 is 0 Å². The SMILES string of the molecule is CN=C(NN)C(=N)c1ccccc1. The molecule has 0 bridgehead atoms. The van der Waals surface area contributed by atoms with E-state index in [4.69, 9.17) is 11.3 Å². The summed E-state index contributed by atoms with van der Waals surface area (Å²) in [6, 6.07) is 9.31. The lowest BCUT2D eigenvalue weighted by Crippen LogP contribution is -2.36. The van der Waals surface area contributed by atoms with Gasteiger partial charge in [0.25, 0.3) is 0 Å². The van der Waals surface area contributed by atoms with Gasteiger partial charge in [0.2, 0.25) is 0 Å². The predicted molar refractivity (Wildman–Crippen MR) is 54.0 cm³/mol. The molecule has 0 heterocycles. The fraction of sp³-hybridized carbons (Fsp3) is 0.111. The van der Waals surface area contributed by atoms with E-state index in [0.717, 1.165) is 5.56 Å². The summed E-state index contributed by atoms with van der Waals surface area (Å²) in [5, 5.41) is 7.71. The summed E-state index contributed by atoms with van der Waals surface area (Å²) in [4.78, 5) is 3.84. The number of hydrazine groups is 1. The molecule has 4 N–H and O–H groups in total. The van der Waals surface area contributed by atoms with Crippen LogP contribution in [0.5, 0.6) is 0 Å². The van der Waals surface area contributed by atoms with Crippen LogP contribution in [0.3, 0.4) is 0 Å². The maximum absolute atomic E-state index is 7.71. The van der Waals surface area contributed by atoms with Crippen LogP contribution in [-0.4, -0.2) is 18.6 Å². The summed E-state index contributed by atoms with van der Waals surface area (Å²) in [5.41, 5.74) is 3.46. The number of hydrogen-bond acceptors (Lipinski definition) is 3. The second kappa shape index (κ2) is 4.37. The van der Waals surface area contributed by atoms with Gasteiger partial charge in [0, 0.05) is 12.6 Å². The molecule has 0 atom stereocenters. The Morgan fingerprint density at radius 1 is 1.38 bits per heavy atom. The minimum Gasteiger partial charge on any atom is -0.307 e. The monoisotopic (exact) mass is 176 g/mol. The molecule has 0 spiro atoms. The first-order valence-corrected chi connectivity index (χ1v) is 3.87. The van der Waals surface area contributed by atoms with Crippen LogP contribution in [-0.2, 0) is 0 Å². The maximum Gasteiger partial charge on any atom is 0.161 e. The van der Waals surface area contributed by atoms with Crippen LogP contribution in [0.2, 0.25) is 0 Å². The molecule has 0 aliphatic carbocycles. The van der Waals surface area contributed by atoms with Crippen molar-refractivity contribution in [1.82, 2.24) is 5.43 Å². The average Bonchev–Trinajstić information content (AvgIpc) is 2.21. The number of benzene rings is 1. The van der Waals surface area contributed by atoms with E-state index in [1.807, 2.05) is 30.3 Å². The van der Waals surface area contributed by atoms with Gasteiger partial charge >= 0.3 is 0 Å². The quantitative estimate of drug-likeness (QED) is 0.266. The maximum atomic E-state index is 7.71. The molecule has 0 aliphatic rings. The van der Waals surface area contributed by atoms with E-state index in [0.29, 0.717) is 11.5 Å². The third-order valence-electron chi connectivity index (χ3n) is 1.66. The standard InChI is InChI=1S/C9H12N4/c1-12-9(13-11)8(10)7-5-3-2-4-6-7/h2-6,10H,11H2,1H3,(H,12,13). The van der Waals surface area contributed by atoms with Crippen LogP contribution in [0.15, 0.2) is 35.3 Å². The van der Waals surface area contributed by atoms with Gasteiger partial charge < -0.3 is 5.43 Å². The lowest BCUT2D eigenvalue weighted by atomic mass is 10.1. The van der Waals surface area contributed by atoms with Gasteiger partial charge in [-0.05, 0) is 0 Å². The number of nitrogens with zero attached hydrogens (tertiary/aromatic N) is 1. The number of hydrogen-bond donors (Lipinski definition) is 3. The molecule has 4 nitrogen and oxygen atoms in total. The van der Waals surface area contributed by atoms with Crippen LogP contribution < -0.4 is 11.3 Å². The minimum atomic E-state index is 0.297. The molecule has 0 unspecified atom stereocenters. The highest BCUT2D eigenvalue weighted by Crippen LogP contribution is 1.99. The Balaban J connectivity index is 2.92. The van der Waals surface area contributed by atoms with Gasteiger partial charge in [-0.2, -0.15) is 0 Å². The fourth-order valence-electron chi connectivity index (χ4n) is 0.990. The Kier molecular flexibility index (Phi) is 3.16. The highest BCUT2D eigenvalue weighted by molar-refractivity contribution is 6.46. The summed E-state index contributed by atoms with van der Waals surface area (Å²) < 4.78 is 0. The molecule has 13 heavy (non-hydrogen) atoms. The highest BCUT2D eigenvalue weighted by atomic mass is 15.3. The van der Waals surface area contributed by atoms with E-state index < -0.39 is 0 Å². The second-order valence-corrected chi connectivity index (χ2v) is 2.46. The van der Waals surface area contributed by atoms with Crippen LogP contribution in [0.25, 0.3) is 0 Å². The van der Waals surface area contributed by atoms with E-state index in [2.05, 4.69) is 10.4 Å². The topological polar surface area (TPSA) is 74.3 Å². The Bertz CT molecular complexity index is 316. The molecule has 0 fully saturated rings. The molecule has 0 amide bonds. The molecule has 1 aromatic rings. The number of nitrogens with two attached hydrogens (primary N) is 1. The third kappa shape index (κ3) is 2.13. The van der Waals surface area contributed by atoms with Crippen molar-refractivity contribution in [2.24, 2.45) is 10.8 Å². The van der Waals surface area contributed by atoms with Crippen molar-refractivity contribution >= 4 is 11.5 Å². The van der Waals surface area contributed by atoms with Gasteiger partial charge in [-0.15, -0.1) is 0 Å². The second-order valence-electron chi connectivity index (χ2n) is 2.46. The third-order valence-corrected chi connectivity index (χ3v) is 1.66. The number of nitrogens with one attached hydrogen (secondary N) is 2. The van der Waals surface area contributed by atoms with E-state index in [1.54, 1.807) is 7.05 Å². The molecule has 0 radical (unpaired) electrons. The molecule has 68 valence electrons. The zero-order chi connectivity index (χ0) is 9.68. The fourth-order valence-corrected chi connectivity index (χ4v) is 0.990. The first kappa shape index (κ1) is 9.41. The zero-order valence-corrected chi connectivity index (χ0v) is 7.41. The van der Waals surface area contributed by atoms with Gasteiger partial charge in [0.05, 0.1) is 0 Å². The van der Waals surface area contributed by atoms with Crippen molar-refractivity contribution in [2.45, 2.75) is 0 Å². The lowest BCUT2D eigenvalue weighted by molar-refractivity contribution is 1.03. The number of rotatable bonds is 2. The normalized spacial score (nSPS) is 11.1. The Morgan fingerprint density at radius 2 is 2.00 bits per heavy atom. The van der Waals surface area contributed by atoms with Crippen LogP contribution in [0.1, 0.15) is 5.56 Å². The molecule has 0 aliphatic heterocycles. The van der Waals surface area contributed by atoms with Crippen molar-refractivity contribution in [3.63, 3.8) is 0 Å². The van der Waals surface area contributed by atoms with Crippen molar-refractivity contribution in [1.29, 1.82) is 5.41 Å². The predicted octanol–water partition coefficient (Wildman–Crippen LogP) is 0.546. The average molecular weight is 176 g/mol. The first-order valence-electron chi connectivity index (χ1n) is 3.87. The van der Waals surface area contributed by atoms with Gasteiger partial charge in [-0.3, -0.25) is 10.4 Å². The van der Waals surface area contributed by atoms with E-state index in [1.165, 1.54) is 0 Å². The molecule has 1 aromatic carbocycles. The molecule has 0 aromatic heterocycles. The Labute approximate surface area is 77.0 Å². The molecule has 1 rings (SSSR count). The van der Waals surface area contributed by atoms with Crippen molar-refractivity contribution in [3.8, 4) is 0 Å². The Hall–Kier alpha value is -1.68. The number of amidine groups is 1. The molecule has 0 saturated heterocycles. The van der Waals surface area contributed by atoms with Gasteiger partial charge in [0.15, 0.2) is 5.84 Å². The largest absolute Gasteiger partial charge is 0.307 e. The molecular weight excluding hydrogens is 164 g/mol. The van der Waals surface area contributed by atoms with Gasteiger partial charge in [-0.25, -0.2) is 5.84 Å². The lowest BCUT2D eigenvalue weighted by Gasteiger charge is -2.05. The summed E-state index contributed by atoms with van der Waals surface area (Å²) in [7, 11) is 1.59. The van der Waals surface area contributed by atoms with Crippen LogP contribution in [0.4, 0.5) is 0 Å². The van der Waals surface area contributed by atoms with Crippen molar-refractivity contribution in [2.75, 3.05) is 7.05 Å². The van der Waals surface area contributed by atoms with Crippen molar-refractivity contribution in [3.05, 3.63) is 35.9 Å². The first-order chi connectivity index (χ1) is 6.29. The summed E-state index contributed by atoms with van der Waals surface area (Å²) in [6.07, 6.45) is 0. The molecular formula is C9H12N4. The summed E-state index contributed by atoms with van der Waals surface area (Å²) >= 11 is 0. The zero-order valence-electron chi connectivity index (χ0n) is 7.41. The van der Waals surface area contributed by atoms with Crippen molar-refractivity contribution < 1.29 is 0 Å². The molecule has 4 heteroatoms. The summed E-state index contributed by atoms with van der Waals surface area (Å²) in [5.74, 6) is 5.58. The Morgan fingerprint density at radius 3 is 2.46 bits per heavy atom. The number of aliphatic imine (C=N–C) groups is 1. The van der Waals surface area contributed by atoms with E-state index in [-0.39, 0.29) is 0 Å². The summed E-state index contributed by atoms with van der Waals surface area (Å²) in [6.45, 7) is 0. The smallest absolute Gasteiger partial charge is 0.161 e. The van der Waals surface area contributed by atoms with Gasteiger partial charge in [-0.1, -0.05) is 30.3 Å². The highest BCUT2D eigenvalue weighted by Gasteiger charge is 2.05. The minimum absolute atomic E-state index is 0.297. The van der Waals surface area contributed by atoms with E-state index >= 15 is 0 Å². The van der Waals surface area contributed by atoms with Gasteiger partial charge in [0.1, 0.15) is 5.71 Å². The molecule has 0 saturated carbocycles. The van der Waals surface area contributed by atoms with Crippen LogP contribution in [0, 0.1) is 5.41 Å².